The van der Waals surface area contributed by atoms with Crippen LogP contribution in [0.4, 0.5) is 5.69 Å². The van der Waals surface area contributed by atoms with Crippen molar-refractivity contribution >= 4 is 17.0 Å². The summed E-state index contributed by atoms with van der Waals surface area (Å²) in [6.07, 6.45) is 10.6. The van der Waals surface area contributed by atoms with Gasteiger partial charge >= 0.3 is 0 Å². The second-order valence-corrected chi connectivity index (χ2v) is 6.39. The SMILES string of the molecule is C=C.CCCCNc1ccc(C2=CCNN(CC)C(c3ccncc3)=C2)cc1. The van der Waals surface area contributed by atoms with Crippen LogP contribution in [-0.4, -0.2) is 29.6 Å². The van der Waals surface area contributed by atoms with E-state index in [0.29, 0.717) is 0 Å². The van der Waals surface area contributed by atoms with Crippen LogP contribution in [-0.2, 0) is 0 Å². The van der Waals surface area contributed by atoms with Gasteiger partial charge in [-0.05, 0) is 54.8 Å². The molecule has 0 spiro atoms. The predicted molar refractivity (Wildman–Crippen MR) is 122 cm³/mol. The molecule has 1 aliphatic heterocycles. The van der Waals surface area contributed by atoms with Gasteiger partial charge in [0.2, 0.25) is 0 Å². The molecule has 2 heterocycles. The van der Waals surface area contributed by atoms with Gasteiger partial charge in [-0.15, -0.1) is 13.2 Å². The molecule has 2 aromatic rings. The molecule has 4 heteroatoms. The van der Waals surface area contributed by atoms with Gasteiger partial charge in [-0.2, -0.15) is 0 Å². The van der Waals surface area contributed by atoms with Crippen molar-refractivity contribution in [3.8, 4) is 0 Å². The van der Waals surface area contributed by atoms with Gasteiger partial charge in [0.15, 0.2) is 0 Å². The molecule has 0 atom stereocenters. The maximum Gasteiger partial charge on any atom is 0.0599 e. The minimum Gasteiger partial charge on any atom is -0.385 e. The molecule has 4 nitrogen and oxygen atoms in total. The van der Waals surface area contributed by atoms with Crippen molar-refractivity contribution in [2.75, 3.05) is 25.0 Å². The Morgan fingerprint density at radius 1 is 1.04 bits per heavy atom. The van der Waals surface area contributed by atoms with Crippen LogP contribution in [0.5, 0.6) is 0 Å². The zero-order valence-corrected chi connectivity index (χ0v) is 17.1. The first-order valence-electron chi connectivity index (χ1n) is 9.99. The molecule has 0 aliphatic carbocycles. The number of rotatable bonds is 7. The van der Waals surface area contributed by atoms with Gasteiger partial charge in [-0.1, -0.05) is 31.6 Å². The summed E-state index contributed by atoms with van der Waals surface area (Å²) in [5.74, 6) is 0. The first-order valence-corrected chi connectivity index (χ1v) is 9.99. The molecule has 1 aromatic heterocycles. The number of unbranched alkanes of at least 4 members (excludes halogenated alkanes) is 1. The van der Waals surface area contributed by atoms with Crippen LogP contribution < -0.4 is 10.7 Å². The fourth-order valence-electron chi connectivity index (χ4n) is 3.07. The second-order valence-electron chi connectivity index (χ2n) is 6.39. The van der Waals surface area contributed by atoms with Crippen molar-refractivity contribution in [1.82, 2.24) is 15.4 Å². The van der Waals surface area contributed by atoms with Crippen molar-refractivity contribution in [3.05, 3.63) is 85.2 Å². The lowest BCUT2D eigenvalue weighted by Crippen LogP contribution is -2.35. The number of nitrogens with one attached hydrogen (secondary N) is 2. The normalized spacial score (nSPS) is 13.6. The van der Waals surface area contributed by atoms with Crippen LogP contribution in [0.3, 0.4) is 0 Å². The van der Waals surface area contributed by atoms with E-state index in [-0.39, 0.29) is 0 Å². The predicted octanol–water partition coefficient (Wildman–Crippen LogP) is 5.36. The third-order valence-corrected chi connectivity index (χ3v) is 4.56. The molecule has 0 saturated carbocycles. The lowest BCUT2D eigenvalue weighted by Gasteiger charge is -2.25. The number of nitrogens with zero attached hydrogens (tertiary/aromatic N) is 2. The smallest absolute Gasteiger partial charge is 0.0599 e. The molecule has 2 N–H and O–H groups in total. The van der Waals surface area contributed by atoms with Crippen LogP contribution in [0.15, 0.2) is 74.1 Å². The summed E-state index contributed by atoms with van der Waals surface area (Å²) in [6, 6.07) is 12.8. The molecule has 0 saturated heterocycles. The number of aromatic nitrogens is 1. The third-order valence-electron chi connectivity index (χ3n) is 4.56. The van der Waals surface area contributed by atoms with Gasteiger partial charge in [0.1, 0.15) is 0 Å². The van der Waals surface area contributed by atoms with Gasteiger partial charge in [-0.25, -0.2) is 5.43 Å². The molecule has 148 valence electrons. The van der Waals surface area contributed by atoms with Crippen LogP contribution in [0, 0.1) is 0 Å². The average molecular weight is 377 g/mol. The Bertz CT molecular complexity index is 763. The van der Waals surface area contributed by atoms with Gasteiger partial charge in [0.05, 0.1) is 5.70 Å². The highest BCUT2D eigenvalue weighted by Gasteiger charge is 2.14. The zero-order valence-electron chi connectivity index (χ0n) is 17.1. The van der Waals surface area contributed by atoms with E-state index in [1.54, 1.807) is 0 Å². The Labute approximate surface area is 169 Å². The first-order chi connectivity index (χ1) is 13.8. The fraction of sp³-hybridized carbons (Fsp3) is 0.292. The Balaban J connectivity index is 0.00000136. The third kappa shape index (κ3) is 5.83. The highest BCUT2D eigenvalue weighted by Crippen LogP contribution is 2.26. The minimum absolute atomic E-state index is 0.810. The van der Waals surface area contributed by atoms with Crippen LogP contribution in [0.25, 0.3) is 11.3 Å². The molecule has 3 rings (SSSR count). The summed E-state index contributed by atoms with van der Waals surface area (Å²) >= 11 is 0. The second kappa shape index (κ2) is 11.8. The van der Waals surface area contributed by atoms with E-state index >= 15 is 0 Å². The van der Waals surface area contributed by atoms with Crippen LogP contribution >= 0.6 is 0 Å². The molecule has 0 fully saturated rings. The fourth-order valence-corrected chi connectivity index (χ4v) is 3.07. The molecular formula is C24H32N4. The van der Waals surface area contributed by atoms with Crippen molar-refractivity contribution in [1.29, 1.82) is 0 Å². The van der Waals surface area contributed by atoms with Gasteiger partial charge in [-0.3, -0.25) is 4.98 Å². The van der Waals surface area contributed by atoms with E-state index < -0.39 is 0 Å². The number of anilines is 1. The number of pyridine rings is 1. The first kappa shape index (κ1) is 21.5. The Kier molecular flexibility index (Phi) is 9.02. The maximum atomic E-state index is 4.14. The van der Waals surface area contributed by atoms with E-state index in [0.717, 1.165) is 19.6 Å². The summed E-state index contributed by atoms with van der Waals surface area (Å²) in [4.78, 5) is 4.14. The van der Waals surface area contributed by atoms with Crippen LogP contribution in [0.1, 0.15) is 37.8 Å². The van der Waals surface area contributed by atoms with Crippen molar-refractivity contribution in [2.24, 2.45) is 0 Å². The average Bonchev–Trinajstić information content (AvgIpc) is 2.99. The van der Waals surface area contributed by atoms with Crippen molar-refractivity contribution < 1.29 is 0 Å². The maximum absolute atomic E-state index is 4.14. The monoisotopic (exact) mass is 376 g/mol. The highest BCUT2D eigenvalue weighted by molar-refractivity contribution is 5.84. The Hall–Kier alpha value is -2.85. The molecule has 0 radical (unpaired) electrons. The lowest BCUT2D eigenvalue weighted by molar-refractivity contribution is 0.321. The lowest BCUT2D eigenvalue weighted by atomic mass is 10.0. The molecule has 28 heavy (non-hydrogen) atoms. The van der Waals surface area contributed by atoms with E-state index in [4.69, 9.17) is 0 Å². The highest BCUT2D eigenvalue weighted by atomic mass is 15.5. The van der Waals surface area contributed by atoms with E-state index in [9.17, 15) is 0 Å². The van der Waals surface area contributed by atoms with Gasteiger partial charge in [0.25, 0.3) is 0 Å². The standard InChI is InChI=1S/C22H28N4.C2H4/c1-3-5-13-24-21-8-6-18(7-9-21)20-12-16-25-26(4-2)22(17-20)19-10-14-23-15-11-19;1-2/h6-12,14-15,17,24-25H,3-5,13,16H2,1-2H3;1-2H2. The summed E-state index contributed by atoms with van der Waals surface area (Å²) in [6.45, 7) is 13.1. The van der Waals surface area contributed by atoms with Crippen molar-refractivity contribution in [3.63, 3.8) is 0 Å². The summed E-state index contributed by atoms with van der Waals surface area (Å²) in [5.41, 5.74) is 9.47. The number of benzene rings is 1. The molecule has 1 aromatic carbocycles. The van der Waals surface area contributed by atoms with Crippen LogP contribution in [0.2, 0.25) is 0 Å². The van der Waals surface area contributed by atoms with E-state index in [1.165, 1.54) is 40.9 Å². The number of hydrazine groups is 1. The van der Waals surface area contributed by atoms with E-state index in [1.807, 2.05) is 12.4 Å². The zero-order chi connectivity index (χ0) is 20.2. The topological polar surface area (TPSA) is 40.2 Å². The molecule has 0 amide bonds. The molecular weight excluding hydrogens is 344 g/mol. The molecule has 0 unspecified atom stereocenters. The quantitative estimate of drug-likeness (QED) is 0.504. The number of hydrogen-bond acceptors (Lipinski definition) is 4. The Morgan fingerprint density at radius 2 is 1.75 bits per heavy atom. The van der Waals surface area contributed by atoms with Gasteiger partial charge in [0, 0.05) is 43.3 Å². The summed E-state index contributed by atoms with van der Waals surface area (Å²) in [5, 5.41) is 5.67. The largest absolute Gasteiger partial charge is 0.385 e. The molecule has 0 bridgehead atoms. The summed E-state index contributed by atoms with van der Waals surface area (Å²) in [7, 11) is 0. The van der Waals surface area contributed by atoms with E-state index in [2.05, 4.69) is 96.3 Å². The summed E-state index contributed by atoms with van der Waals surface area (Å²) < 4.78 is 0. The Morgan fingerprint density at radius 3 is 2.39 bits per heavy atom. The van der Waals surface area contributed by atoms with Gasteiger partial charge < -0.3 is 10.3 Å². The van der Waals surface area contributed by atoms with Crippen molar-refractivity contribution in [2.45, 2.75) is 26.7 Å². The number of hydrogen-bond donors (Lipinski definition) is 2. The molecule has 1 aliphatic rings. The number of allylic oxidation sites excluding steroid dienone is 2. The minimum atomic E-state index is 0.810.